The number of carboxylic acid groups (broad SMARTS) is 1. The second kappa shape index (κ2) is 7.97. The Hall–Kier alpha value is -2.95. The quantitative estimate of drug-likeness (QED) is 0.448. The van der Waals surface area contributed by atoms with Crippen LogP contribution in [-0.4, -0.2) is 34.2 Å². The van der Waals surface area contributed by atoms with Gasteiger partial charge < -0.3 is 5.11 Å². The Bertz CT molecular complexity index is 1000. The molecule has 0 spiro atoms. The molecule has 3 aromatic rings. The number of rotatable bonds is 2. The fraction of sp³-hybridized carbons (Fsp3) is 0.118. The average molecular weight is 421 g/mol. The van der Waals surface area contributed by atoms with Crippen molar-refractivity contribution in [3.8, 4) is 10.4 Å². The molecule has 0 amide bonds. The molecule has 0 atom stereocenters. The topological polar surface area (TPSA) is 67.3 Å². The van der Waals surface area contributed by atoms with Crippen LogP contribution in [0.1, 0.15) is 9.67 Å². The fourth-order valence-electron chi connectivity index (χ4n) is 2.08. The molecule has 0 bridgehead atoms. The number of aliphatic carboxylic acids is 1. The molecule has 1 N–H and O–H groups in total. The first-order valence-electron chi connectivity index (χ1n) is 7.26. The molecule has 0 aliphatic carbocycles. The maximum Gasteiger partial charge on any atom is 0.490 e. The van der Waals surface area contributed by atoms with Gasteiger partial charge in [0.25, 0.3) is 5.78 Å². The van der Waals surface area contributed by atoms with Crippen molar-refractivity contribution in [3.63, 3.8) is 0 Å². The number of carbonyl (C=O) groups excluding carboxylic acids is 1. The lowest BCUT2D eigenvalue weighted by Crippen LogP contribution is -2.21. The van der Waals surface area contributed by atoms with E-state index >= 15 is 0 Å². The van der Waals surface area contributed by atoms with E-state index in [1.807, 2.05) is 18.2 Å². The number of benzene rings is 1. The van der Waals surface area contributed by atoms with Crippen LogP contribution < -0.4 is 0 Å². The summed E-state index contributed by atoms with van der Waals surface area (Å²) in [6.07, 6.45) is -6.61. The van der Waals surface area contributed by atoms with Crippen LogP contribution in [0.15, 0.2) is 48.8 Å². The van der Waals surface area contributed by atoms with Crippen molar-refractivity contribution in [2.45, 2.75) is 12.4 Å². The number of ketones is 1. The highest BCUT2D eigenvalue weighted by molar-refractivity contribution is 7.17. The number of fused-ring (bicyclic) bond motifs is 1. The van der Waals surface area contributed by atoms with Gasteiger partial charge >= 0.3 is 18.3 Å². The largest absolute Gasteiger partial charge is 0.490 e. The molecule has 0 unspecified atom stereocenters. The zero-order valence-electron chi connectivity index (χ0n) is 13.5. The number of alkyl halides is 6. The zero-order chi connectivity index (χ0) is 21.1. The molecule has 2 heterocycles. The van der Waals surface area contributed by atoms with E-state index in [0.717, 1.165) is 27.7 Å². The van der Waals surface area contributed by atoms with Crippen molar-refractivity contribution >= 4 is 33.9 Å². The van der Waals surface area contributed by atoms with Gasteiger partial charge in [-0.05, 0) is 29.1 Å². The minimum Gasteiger partial charge on any atom is -0.475 e. The maximum atomic E-state index is 12.4. The van der Waals surface area contributed by atoms with Crippen LogP contribution in [-0.2, 0) is 4.79 Å². The van der Waals surface area contributed by atoms with Crippen LogP contribution in [0.5, 0.6) is 0 Å². The highest BCUT2D eigenvalue weighted by Crippen LogP contribution is 2.35. The van der Waals surface area contributed by atoms with Gasteiger partial charge in [0.1, 0.15) is 0 Å². The predicted molar refractivity (Wildman–Crippen MR) is 89.1 cm³/mol. The number of thiophene rings is 1. The maximum absolute atomic E-state index is 12.4. The van der Waals surface area contributed by atoms with Crippen molar-refractivity contribution in [1.29, 1.82) is 0 Å². The first-order chi connectivity index (χ1) is 12.9. The Kier molecular flexibility index (Phi) is 6.07. The van der Waals surface area contributed by atoms with Gasteiger partial charge in [-0.3, -0.25) is 9.78 Å². The SMILES string of the molecule is O=C(O)C(F)(F)F.O=C(c1ccc(-c2cccc3cnccc23)s1)C(F)(F)F. The fourth-order valence-corrected chi connectivity index (χ4v) is 3.09. The number of hydrogen-bond donors (Lipinski definition) is 1. The van der Waals surface area contributed by atoms with Gasteiger partial charge in [-0.15, -0.1) is 11.3 Å². The van der Waals surface area contributed by atoms with Gasteiger partial charge in [0, 0.05) is 22.7 Å². The second-order valence-corrected chi connectivity index (χ2v) is 6.28. The van der Waals surface area contributed by atoms with Crippen molar-refractivity contribution in [1.82, 2.24) is 4.98 Å². The van der Waals surface area contributed by atoms with Crippen molar-refractivity contribution in [3.05, 3.63) is 53.7 Å². The number of nitrogens with zero attached hydrogens (tertiary/aromatic N) is 1. The molecular weight excluding hydrogens is 412 g/mol. The lowest BCUT2D eigenvalue weighted by Gasteiger charge is -2.04. The lowest BCUT2D eigenvalue weighted by atomic mass is 10.1. The molecule has 0 fully saturated rings. The monoisotopic (exact) mass is 421 g/mol. The van der Waals surface area contributed by atoms with Gasteiger partial charge in [-0.2, -0.15) is 26.3 Å². The van der Waals surface area contributed by atoms with E-state index in [0.29, 0.717) is 4.88 Å². The molecule has 0 aliphatic rings. The minimum atomic E-state index is -5.08. The smallest absolute Gasteiger partial charge is 0.475 e. The molecule has 11 heteroatoms. The van der Waals surface area contributed by atoms with E-state index in [1.165, 1.54) is 6.07 Å². The predicted octanol–water partition coefficient (Wildman–Crippen LogP) is 5.34. The summed E-state index contributed by atoms with van der Waals surface area (Å²) < 4.78 is 69.1. The normalized spacial score (nSPS) is 11.6. The molecule has 148 valence electrons. The summed E-state index contributed by atoms with van der Waals surface area (Å²) >= 11 is 0.846. The second-order valence-electron chi connectivity index (χ2n) is 5.20. The Morgan fingerprint density at radius 1 is 0.929 bits per heavy atom. The molecular formula is C17H9F6NO3S. The van der Waals surface area contributed by atoms with E-state index < -0.39 is 24.1 Å². The molecule has 0 aliphatic heterocycles. The van der Waals surface area contributed by atoms with Gasteiger partial charge in [0.2, 0.25) is 0 Å². The van der Waals surface area contributed by atoms with E-state index in [4.69, 9.17) is 9.90 Å². The lowest BCUT2D eigenvalue weighted by molar-refractivity contribution is -0.192. The van der Waals surface area contributed by atoms with Crippen molar-refractivity contribution < 1.29 is 41.0 Å². The molecule has 3 rings (SSSR count). The summed E-state index contributed by atoms with van der Waals surface area (Å²) in [5.41, 5.74) is 0.793. The van der Waals surface area contributed by atoms with Gasteiger partial charge in [0.15, 0.2) is 0 Å². The molecule has 4 nitrogen and oxygen atoms in total. The van der Waals surface area contributed by atoms with Gasteiger partial charge in [-0.1, -0.05) is 18.2 Å². The summed E-state index contributed by atoms with van der Waals surface area (Å²) in [7, 11) is 0. The number of carbonyl (C=O) groups is 2. The number of pyridine rings is 1. The van der Waals surface area contributed by atoms with Gasteiger partial charge in [0.05, 0.1) is 4.88 Å². The number of halogens is 6. The molecule has 2 aromatic heterocycles. The average Bonchev–Trinajstić information content (AvgIpc) is 3.09. The van der Waals surface area contributed by atoms with E-state index in [9.17, 15) is 31.1 Å². The number of Topliss-reactive ketones (excluding diaryl/α,β-unsaturated/α-hetero) is 1. The highest BCUT2D eigenvalue weighted by Gasteiger charge is 2.40. The summed E-state index contributed by atoms with van der Waals surface area (Å²) in [6.45, 7) is 0. The molecule has 28 heavy (non-hydrogen) atoms. The number of hydrogen-bond acceptors (Lipinski definition) is 4. The number of aromatic nitrogens is 1. The van der Waals surface area contributed by atoms with Crippen molar-refractivity contribution in [2.75, 3.05) is 0 Å². The van der Waals surface area contributed by atoms with Crippen LogP contribution >= 0.6 is 11.3 Å². The third kappa shape index (κ3) is 5.06. The van der Waals surface area contributed by atoms with E-state index in [1.54, 1.807) is 24.5 Å². The molecule has 0 saturated heterocycles. The molecule has 1 aromatic carbocycles. The molecule has 0 radical (unpaired) electrons. The third-order valence-electron chi connectivity index (χ3n) is 3.28. The minimum absolute atomic E-state index is 0.302. The first-order valence-corrected chi connectivity index (χ1v) is 8.07. The standard InChI is InChI=1S/C15H8F3NOS.C2HF3O2/c16-15(17,18)14(20)13-5-4-12(21-13)11-3-1-2-9-8-19-7-6-10(9)11;3-2(4,5)1(6)7/h1-8H;(H,6,7). The Balaban J connectivity index is 0.000000345. The van der Waals surface area contributed by atoms with E-state index in [2.05, 4.69) is 4.98 Å². The highest BCUT2D eigenvalue weighted by atomic mass is 32.1. The summed E-state index contributed by atoms with van der Waals surface area (Å²) in [5.74, 6) is -4.56. The van der Waals surface area contributed by atoms with E-state index in [-0.39, 0.29) is 4.88 Å². The third-order valence-corrected chi connectivity index (χ3v) is 4.39. The summed E-state index contributed by atoms with van der Waals surface area (Å²) in [4.78, 5) is 24.5. The van der Waals surface area contributed by atoms with Crippen LogP contribution in [0, 0.1) is 0 Å². The van der Waals surface area contributed by atoms with Crippen LogP contribution in [0.3, 0.4) is 0 Å². The Labute approximate surface area is 157 Å². The summed E-state index contributed by atoms with van der Waals surface area (Å²) in [6, 6.07) is 10.1. The van der Waals surface area contributed by atoms with Crippen LogP contribution in [0.2, 0.25) is 0 Å². The van der Waals surface area contributed by atoms with Crippen LogP contribution in [0.25, 0.3) is 21.2 Å². The van der Waals surface area contributed by atoms with Gasteiger partial charge in [-0.25, -0.2) is 4.79 Å². The Morgan fingerprint density at radius 3 is 2.14 bits per heavy atom. The Morgan fingerprint density at radius 2 is 1.57 bits per heavy atom. The zero-order valence-corrected chi connectivity index (χ0v) is 14.3. The summed E-state index contributed by atoms with van der Waals surface area (Å²) in [5, 5.41) is 8.91. The van der Waals surface area contributed by atoms with Crippen LogP contribution in [0.4, 0.5) is 26.3 Å². The first kappa shape index (κ1) is 21.4. The molecule has 0 saturated carbocycles. The van der Waals surface area contributed by atoms with Crippen molar-refractivity contribution in [2.24, 2.45) is 0 Å². The number of carboxylic acids is 1.